The second-order valence-corrected chi connectivity index (χ2v) is 8.24. The first-order valence-corrected chi connectivity index (χ1v) is 10.2. The van der Waals surface area contributed by atoms with Gasteiger partial charge in [0.2, 0.25) is 0 Å². The zero-order valence-corrected chi connectivity index (χ0v) is 16.0. The first kappa shape index (κ1) is 18.2. The molecule has 3 aromatic rings. The standard InChI is InChI=1S/C21H18N2O4S/c1-27-16-11-9-15(10-12-16)14-19-20(24)18-8-5-13-22-21(18)23(19)28(25,26)17-6-3-2-4-7-17/h2-13,19H,14H2,1H3. The number of ether oxygens (including phenoxy) is 1. The summed E-state index contributed by atoms with van der Waals surface area (Å²) in [7, 11) is -2.37. The first-order valence-electron chi connectivity index (χ1n) is 8.74. The van der Waals surface area contributed by atoms with Crippen molar-refractivity contribution >= 4 is 21.6 Å². The molecule has 1 atom stereocenters. The largest absolute Gasteiger partial charge is 0.497 e. The molecule has 1 aliphatic rings. The summed E-state index contributed by atoms with van der Waals surface area (Å²) in [5.74, 6) is 0.619. The van der Waals surface area contributed by atoms with Crippen LogP contribution < -0.4 is 9.04 Å². The van der Waals surface area contributed by atoms with Crippen LogP contribution in [0.4, 0.5) is 5.82 Å². The molecule has 142 valence electrons. The number of pyridine rings is 1. The number of ketones is 1. The average Bonchev–Trinajstić information content (AvgIpc) is 3.02. The minimum atomic E-state index is -3.94. The predicted molar refractivity (Wildman–Crippen MR) is 105 cm³/mol. The second kappa shape index (κ2) is 7.09. The molecule has 1 unspecified atom stereocenters. The number of nitrogens with zero attached hydrogens (tertiary/aromatic N) is 2. The van der Waals surface area contributed by atoms with Gasteiger partial charge in [0.05, 0.1) is 17.6 Å². The van der Waals surface area contributed by atoms with Crippen LogP contribution in [0.1, 0.15) is 15.9 Å². The Hall–Kier alpha value is -3.19. The molecular weight excluding hydrogens is 376 g/mol. The molecule has 2 heterocycles. The number of fused-ring (bicyclic) bond motifs is 1. The van der Waals surface area contributed by atoms with Gasteiger partial charge in [-0.3, -0.25) is 4.79 Å². The summed E-state index contributed by atoms with van der Waals surface area (Å²) in [6.07, 6.45) is 1.74. The summed E-state index contributed by atoms with van der Waals surface area (Å²) in [6, 6.07) is 17.7. The van der Waals surface area contributed by atoms with Crippen LogP contribution in [-0.2, 0) is 16.4 Å². The molecule has 0 radical (unpaired) electrons. The summed E-state index contributed by atoms with van der Waals surface area (Å²) in [6.45, 7) is 0. The van der Waals surface area contributed by atoms with E-state index in [0.29, 0.717) is 11.3 Å². The van der Waals surface area contributed by atoms with Crippen LogP contribution in [0, 0.1) is 0 Å². The maximum atomic E-state index is 13.4. The molecule has 0 fully saturated rings. The Morgan fingerprint density at radius 3 is 2.39 bits per heavy atom. The molecule has 0 bridgehead atoms. The van der Waals surface area contributed by atoms with Crippen molar-refractivity contribution in [2.45, 2.75) is 17.4 Å². The van der Waals surface area contributed by atoms with E-state index in [1.165, 1.54) is 18.3 Å². The molecule has 28 heavy (non-hydrogen) atoms. The summed E-state index contributed by atoms with van der Waals surface area (Å²) in [5.41, 5.74) is 1.15. The van der Waals surface area contributed by atoms with E-state index in [1.54, 1.807) is 49.6 Å². The Morgan fingerprint density at radius 1 is 1.00 bits per heavy atom. The number of anilines is 1. The van der Waals surface area contributed by atoms with Crippen molar-refractivity contribution in [3.05, 3.63) is 84.1 Å². The highest BCUT2D eigenvalue weighted by Gasteiger charge is 2.45. The Kier molecular flexibility index (Phi) is 4.60. The quantitative estimate of drug-likeness (QED) is 0.665. The number of carbonyl (C=O) groups excluding carboxylic acids is 1. The van der Waals surface area contributed by atoms with Crippen LogP contribution in [0.25, 0.3) is 0 Å². The summed E-state index contributed by atoms with van der Waals surface area (Å²) >= 11 is 0. The zero-order chi connectivity index (χ0) is 19.7. The van der Waals surface area contributed by atoms with E-state index >= 15 is 0 Å². The minimum Gasteiger partial charge on any atom is -0.497 e. The van der Waals surface area contributed by atoms with Gasteiger partial charge in [-0.25, -0.2) is 17.7 Å². The monoisotopic (exact) mass is 394 g/mol. The van der Waals surface area contributed by atoms with Crippen LogP contribution in [0.15, 0.2) is 77.8 Å². The number of benzene rings is 2. The summed E-state index contributed by atoms with van der Waals surface area (Å²) in [5, 5.41) is 0. The van der Waals surface area contributed by atoms with Crippen LogP contribution in [0.5, 0.6) is 5.75 Å². The topological polar surface area (TPSA) is 76.6 Å². The lowest BCUT2D eigenvalue weighted by Gasteiger charge is -2.25. The Morgan fingerprint density at radius 2 is 1.71 bits per heavy atom. The number of aromatic nitrogens is 1. The fourth-order valence-corrected chi connectivity index (χ4v) is 4.95. The minimum absolute atomic E-state index is 0.126. The van der Waals surface area contributed by atoms with Crippen molar-refractivity contribution in [1.82, 2.24) is 4.98 Å². The van der Waals surface area contributed by atoms with Crippen LogP contribution in [0.2, 0.25) is 0 Å². The number of Topliss-reactive ketones (excluding diaryl/α,β-unsaturated/α-hetero) is 1. The van der Waals surface area contributed by atoms with Crippen molar-refractivity contribution in [1.29, 1.82) is 0 Å². The normalized spacial score (nSPS) is 16.1. The van der Waals surface area contributed by atoms with Gasteiger partial charge in [0.25, 0.3) is 10.0 Å². The lowest BCUT2D eigenvalue weighted by atomic mass is 10.0. The van der Waals surface area contributed by atoms with Crippen LogP contribution >= 0.6 is 0 Å². The van der Waals surface area contributed by atoms with E-state index in [4.69, 9.17) is 4.74 Å². The maximum absolute atomic E-state index is 13.4. The van der Waals surface area contributed by atoms with E-state index in [0.717, 1.165) is 9.87 Å². The van der Waals surface area contributed by atoms with E-state index in [1.807, 2.05) is 12.1 Å². The van der Waals surface area contributed by atoms with Gasteiger partial charge in [0, 0.05) is 12.6 Å². The molecule has 0 saturated carbocycles. The van der Waals surface area contributed by atoms with Crippen molar-refractivity contribution in [2.75, 3.05) is 11.4 Å². The van der Waals surface area contributed by atoms with E-state index in [-0.39, 0.29) is 22.9 Å². The highest BCUT2D eigenvalue weighted by Crippen LogP contribution is 2.36. The molecule has 2 aromatic carbocycles. The molecule has 0 saturated heterocycles. The van der Waals surface area contributed by atoms with Crippen LogP contribution in [-0.4, -0.2) is 32.3 Å². The average molecular weight is 394 g/mol. The predicted octanol–water partition coefficient (Wildman–Crippen LogP) is 3.09. The highest BCUT2D eigenvalue weighted by molar-refractivity contribution is 7.93. The van der Waals surface area contributed by atoms with E-state index < -0.39 is 16.1 Å². The van der Waals surface area contributed by atoms with Crippen molar-refractivity contribution in [3.63, 3.8) is 0 Å². The molecule has 7 heteroatoms. The smallest absolute Gasteiger partial charge is 0.266 e. The molecule has 0 N–H and O–H groups in total. The summed E-state index contributed by atoms with van der Waals surface area (Å²) in [4.78, 5) is 17.4. The van der Waals surface area contributed by atoms with E-state index in [9.17, 15) is 13.2 Å². The van der Waals surface area contributed by atoms with Gasteiger partial charge in [0.1, 0.15) is 11.8 Å². The number of rotatable bonds is 5. The maximum Gasteiger partial charge on any atom is 0.266 e. The number of sulfonamides is 1. The fraction of sp³-hybridized carbons (Fsp3) is 0.143. The zero-order valence-electron chi connectivity index (χ0n) is 15.1. The third kappa shape index (κ3) is 3.03. The van der Waals surface area contributed by atoms with Gasteiger partial charge in [-0.1, -0.05) is 30.3 Å². The van der Waals surface area contributed by atoms with Gasteiger partial charge in [-0.05, 0) is 42.0 Å². The number of carbonyl (C=O) groups is 1. The van der Waals surface area contributed by atoms with Gasteiger partial charge in [-0.15, -0.1) is 0 Å². The molecule has 6 nitrogen and oxygen atoms in total. The molecule has 1 aromatic heterocycles. The molecule has 0 amide bonds. The van der Waals surface area contributed by atoms with Crippen molar-refractivity contribution in [2.24, 2.45) is 0 Å². The van der Waals surface area contributed by atoms with Gasteiger partial charge < -0.3 is 4.74 Å². The number of hydrogen-bond donors (Lipinski definition) is 0. The van der Waals surface area contributed by atoms with Crippen molar-refractivity contribution < 1.29 is 17.9 Å². The number of hydrogen-bond acceptors (Lipinski definition) is 5. The Balaban J connectivity index is 1.78. The second-order valence-electron chi connectivity index (χ2n) is 6.42. The van der Waals surface area contributed by atoms with Gasteiger partial charge in [0.15, 0.2) is 11.6 Å². The molecule has 0 spiro atoms. The molecular formula is C21H18N2O4S. The SMILES string of the molecule is COc1ccc(CC2C(=O)c3cccnc3N2S(=O)(=O)c2ccccc2)cc1. The molecule has 4 rings (SSSR count). The molecule has 0 aliphatic carbocycles. The third-order valence-electron chi connectivity index (χ3n) is 4.73. The van der Waals surface area contributed by atoms with Crippen molar-refractivity contribution in [3.8, 4) is 5.75 Å². The lowest BCUT2D eigenvalue weighted by Crippen LogP contribution is -2.41. The van der Waals surface area contributed by atoms with Gasteiger partial charge in [-0.2, -0.15) is 0 Å². The van der Waals surface area contributed by atoms with Gasteiger partial charge >= 0.3 is 0 Å². The first-order chi connectivity index (χ1) is 13.5. The third-order valence-corrected chi connectivity index (χ3v) is 6.55. The Bertz CT molecular complexity index is 1110. The highest BCUT2D eigenvalue weighted by atomic mass is 32.2. The number of methoxy groups -OCH3 is 1. The van der Waals surface area contributed by atoms with E-state index in [2.05, 4.69) is 4.98 Å². The fourth-order valence-electron chi connectivity index (χ4n) is 3.35. The lowest BCUT2D eigenvalue weighted by molar-refractivity contribution is 0.0974. The molecule has 1 aliphatic heterocycles. The summed E-state index contributed by atoms with van der Waals surface area (Å²) < 4.78 is 33.0. The van der Waals surface area contributed by atoms with Crippen LogP contribution in [0.3, 0.4) is 0 Å². The Labute approximate surface area is 163 Å².